The van der Waals surface area contributed by atoms with E-state index in [-0.39, 0.29) is 17.5 Å². The number of nitrogens with two attached hydrogens (primary N) is 1. The van der Waals surface area contributed by atoms with Gasteiger partial charge in [0.25, 0.3) is 5.91 Å². The van der Waals surface area contributed by atoms with Gasteiger partial charge in [-0.2, -0.15) is 0 Å². The number of halogens is 2. The van der Waals surface area contributed by atoms with Gasteiger partial charge in [0.2, 0.25) is 0 Å². The van der Waals surface area contributed by atoms with Gasteiger partial charge in [-0.3, -0.25) is 4.79 Å². The van der Waals surface area contributed by atoms with E-state index >= 15 is 0 Å². The number of anilines is 1. The summed E-state index contributed by atoms with van der Waals surface area (Å²) in [6, 6.07) is 13.2. The Kier molecular flexibility index (Phi) is 5.06. The number of fused-ring (bicyclic) bond motifs is 3. The Hall–Kier alpha value is -1.75. The van der Waals surface area contributed by atoms with Gasteiger partial charge in [-0.05, 0) is 55.8 Å². The summed E-state index contributed by atoms with van der Waals surface area (Å²) in [5.74, 6) is 0.560. The molecule has 27 heavy (non-hydrogen) atoms. The molecule has 5 rings (SSSR count). The average Bonchev–Trinajstić information content (AvgIpc) is 2.71. The fourth-order valence-corrected chi connectivity index (χ4v) is 4.91. The molecule has 2 aliphatic heterocycles. The molecule has 1 aliphatic carbocycles. The average molecular weight is 404 g/mol. The highest BCUT2D eigenvalue weighted by Gasteiger charge is 2.46. The van der Waals surface area contributed by atoms with Crippen molar-refractivity contribution < 1.29 is 4.79 Å². The second-order valence-electron chi connectivity index (χ2n) is 7.65. The zero-order valence-corrected chi connectivity index (χ0v) is 16.5. The molecule has 2 aromatic rings. The first-order chi connectivity index (χ1) is 13.0. The van der Waals surface area contributed by atoms with Gasteiger partial charge in [0.05, 0.1) is 21.8 Å². The number of piperidine rings is 2. The number of rotatable bonds is 4. The van der Waals surface area contributed by atoms with Crippen LogP contribution in [0.5, 0.6) is 0 Å². The molecule has 3 aliphatic rings. The van der Waals surface area contributed by atoms with Crippen molar-refractivity contribution >= 4 is 34.8 Å². The zero-order chi connectivity index (χ0) is 19.0. The second-order valence-corrected chi connectivity index (χ2v) is 8.47. The van der Waals surface area contributed by atoms with E-state index < -0.39 is 0 Å². The normalized spacial score (nSPS) is 25.2. The maximum absolute atomic E-state index is 13.1. The summed E-state index contributed by atoms with van der Waals surface area (Å²) in [7, 11) is 0. The lowest BCUT2D eigenvalue weighted by Crippen LogP contribution is -2.62. The topological polar surface area (TPSA) is 67.2 Å². The van der Waals surface area contributed by atoms with E-state index in [9.17, 15) is 4.79 Å². The van der Waals surface area contributed by atoms with Crippen LogP contribution in [0.3, 0.4) is 0 Å². The van der Waals surface area contributed by atoms with E-state index in [2.05, 4.69) is 22.8 Å². The second kappa shape index (κ2) is 7.34. The predicted octanol–water partition coefficient (Wildman–Crippen LogP) is 4.58. The van der Waals surface area contributed by atoms with E-state index in [4.69, 9.17) is 28.9 Å². The molecule has 2 bridgehead atoms. The molecular formula is C21H23Cl2N3O. The summed E-state index contributed by atoms with van der Waals surface area (Å²) in [6.07, 6.45) is 4.51. The van der Waals surface area contributed by atoms with Crippen molar-refractivity contribution in [2.75, 3.05) is 12.3 Å². The summed E-state index contributed by atoms with van der Waals surface area (Å²) in [4.78, 5) is 13.1. The Labute approximate surface area is 169 Å². The molecular weight excluding hydrogens is 381 g/mol. The lowest BCUT2D eigenvalue weighted by atomic mass is 9.67. The van der Waals surface area contributed by atoms with Gasteiger partial charge in [0, 0.05) is 11.1 Å². The van der Waals surface area contributed by atoms with Gasteiger partial charge in [0.15, 0.2) is 0 Å². The zero-order valence-electron chi connectivity index (χ0n) is 15.0. The Bertz CT molecular complexity index is 811. The molecule has 3 fully saturated rings. The van der Waals surface area contributed by atoms with Crippen LogP contribution in [0.25, 0.3) is 0 Å². The molecule has 1 saturated carbocycles. The number of amides is 1. The van der Waals surface area contributed by atoms with Crippen LogP contribution in [0.1, 0.15) is 47.6 Å². The number of nitrogens with one attached hydrogen (secondary N) is 2. The molecule has 2 aromatic carbocycles. The lowest BCUT2D eigenvalue weighted by Gasteiger charge is -2.52. The van der Waals surface area contributed by atoms with Gasteiger partial charge < -0.3 is 16.4 Å². The Morgan fingerprint density at radius 2 is 1.78 bits per heavy atom. The number of hydrogen-bond donors (Lipinski definition) is 3. The summed E-state index contributed by atoms with van der Waals surface area (Å²) in [5.41, 5.74) is 7.50. The van der Waals surface area contributed by atoms with E-state index in [1.165, 1.54) is 12.8 Å². The van der Waals surface area contributed by atoms with Gasteiger partial charge in [-0.15, -0.1) is 0 Å². The first kappa shape index (κ1) is 18.6. The lowest BCUT2D eigenvalue weighted by molar-refractivity contribution is 0.0676. The molecule has 6 heteroatoms. The van der Waals surface area contributed by atoms with Crippen LogP contribution in [-0.4, -0.2) is 18.0 Å². The highest BCUT2D eigenvalue weighted by molar-refractivity contribution is 6.39. The molecule has 2 heterocycles. The monoisotopic (exact) mass is 403 g/mol. The third-order valence-corrected chi connectivity index (χ3v) is 6.67. The van der Waals surface area contributed by atoms with E-state index in [0.717, 1.165) is 30.9 Å². The van der Waals surface area contributed by atoms with Crippen molar-refractivity contribution in [2.45, 2.75) is 37.3 Å². The number of carbonyl (C=O) groups is 1. The highest BCUT2D eigenvalue weighted by Crippen LogP contribution is 2.44. The summed E-state index contributed by atoms with van der Waals surface area (Å²) in [6.45, 7) is 1.01. The predicted molar refractivity (Wildman–Crippen MR) is 110 cm³/mol. The van der Waals surface area contributed by atoms with Crippen LogP contribution in [0, 0.1) is 5.92 Å². The van der Waals surface area contributed by atoms with Gasteiger partial charge in [0.1, 0.15) is 0 Å². The first-order valence-corrected chi connectivity index (χ1v) is 10.1. The van der Waals surface area contributed by atoms with Crippen LogP contribution in [0.4, 0.5) is 5.69 Å². The van der Waals surface area contributed by atoms with Crippen LogP contribution >= 0.6 is 23.2 Å². The number of carbonyl (C=O) groups excluding carboxylic acids is 1. The van der Waals surface area contributed by atoms with Crippen molar-refractivity contribution in [2.24, 2.45) is 5.92 Å². The van der Waals surface area contributed by atoms with Gasteiger partial charge in [-0.25, -0.2) is 0 Å². The minimum atomic E-state index is -0.198. The molecule has 1 amide bonds. The van der Waals surface area contributed by atoms with Crippen molar-refractivity contribution in [3.63, 3.8) is 0 Å². The molecule has 0 spiro atoms. The maximum atomic E-state index is 13.1. The van der Waals surface area contributed by atoms with Crippen molar-refractivity contribution in [3.05, 3.63) is 63.6 Å². The Balaban J connectivity index is 1.66. The van der Waals surface area contributed by atoms with Crippen LogP contribution in [0.15, 0.2) is 42.5 Å². The van der Waals surface area contributed by atoms with Crippen LogP contribution in [0.2, 0.25) is 10.0 Å². The van der Waals surface area contributed by atoms with Crippen LogP contribution in [-0.2, 0) is 0 Å². The molecule has 4 N–H and O–H groups in total. The maximum Gasteiger partial charge on any atom is 0.251 e. The molecule has 2 saturated heterocycles. The third-order valence-electron chi connectivity index (χ3n) is 6.04. The summed E-state index contributed by atoms with van der Waals surface area (Å²) in [5, 5.41) is 7.56. The Morgan fingerprint density at radius 1 is 1.15 bits per heavy atom. The number of benzene rings is 2. The summed E-state index contributed by atoms with van der Waals surface area (Å²) < 4.78 is 0. The van der Waals surface area contributed by atoms with Crippen LogP contribution < -0.4 is 16.4 Å². The third kappa shape index (κ3) is 3.54. The van der Waals surface area contributed by atoms with Crippen molar-refractivity contribution in [1.82, 2.24) is 10.6 Å². The molecule has 0 radical (unpaired) electrons. The molecule has 0 aromatic heterocycles. The highest BCUT2D eigenvalue weighted by atomic mass is 35.5. The van der Waals surface area contributed by atoms with Gasteiger partial charge >= 0.3 is 0 Å². The first-order valence-electron chi connectivity index (χ1n) is 9.34. The van der Waals surface area contributed by atoms with E-state index in [1.54, 1.807) is 12.1 Å². The Morgan fingerprint density at radius 3 is 2.33 bits per heavy atom. The number of hydrogen-bond acceptors (Lipinski definition) is 3. The molecule has 1 unspecified atom stereocenters. The molecule has 1 atom stereocenters. The fraction of sp³-hybridized carbons (Fsp3) is 0.381. The molecule has 4 nitrogen and oxygen atoms in total. The molecule has 142 valence electrons. The SMILES string of the molecule is Nc1c(Cl)cc(C(=O)NC(c2ccccc2)C23CCC(CC2)CN3)cc1Cl. The van der Waals surface area contributed by atoms with Crippen molar-refractivity contribution in [1.29, 1.82) is 0 Å². The number of nitrogen functional groups attached to an aromatic ring is 1. The largest absolute Gasteiger partial charge is 0.396 e. The summed E-state index contributed by atoms with van der Waals surface area (Å²) >= 11 is 12.2. The minimum absolute atomic E-state index is 0.118. The van der Waals surface area contributed by atoms with Gasteiger partial charge in [-0.1, -0.05) is 53.5 Å². The minimum Gasteiger partial charge on any atom is -0.396 e. The standard InChI is InChI=1S/C21H23Cl2N3O/c22-16-10-15(11-17(23)18(16)24)20(27)26-19(14-4-2-1-3-5-14)21-8-6-13(7-9-21)12-25-21/h1-5,10-11,13,19,25H,6-9,12,24H2,(H,26,27). The quantitative estimate of drug-likeness (QED) is 0.654. The van der Waals surface area contributed by atoms with E-state index in [1.807, 2.05) is 18.2 Å². The smallest absolute Gasteiger partial charge is 0.251 e. The van der Waals surface area contributed by atoms with Crippen molar-refractivity contribution in [3.8, 4) is 0 Å². The fourth-order valence-electron chi connectivity index (χ4n) is 4.43. The van der Waals surface area contributed by atoms with E-state index in [0.29, 0.717) is 21.3 Å².